The molecule has 2 aromatic rings. The SMILES string of the molecule is CCOC(=O)c1cnc(S[C@@H](CC)C(=O)NCc2cccs2)nc1N. The van der Waals surface area contributed by atoms with E-state index in [-0.39, 0.29) is 29.1 Å². The third-order valence-electron chi connectivity index (χ3n) is 3.22. The molecule has 0 aromatic carbocycles. The number of ether oxygens (including phenoxy) is 1. The van der Waals surface area contributed by atoms with E-state index in [4.69, 9.17) is 10.5 Å². The summed E-state index contributed by atoms with van der Waals surface area (Å²) in [6, 6.07) is 3.91. The highest BCUT2D eigenvalue weighted by atomic mass is 32.2. The number of hydrogen-bond acceptors (Lipinski definition) is 8. The normalized spacial score (nSPS) is 11.8. The fourth-order valence-electron chi connectivity index (χ4n) is 1.95. The molecule has 0 fully saturated rings. The van der Waals surface area contributed by atoms with Crippen LogP contribution in [0.25, 0.3) is 0 Å². The lowest BCUT2D eigenvalue weighted by atomic mass is 10.3. The molecule has 0 spiro atoms. The van der Waals surface area contributed by atoms with E-state index < -0.39 is 5.97 Å². The molecular weight excluding hydrogens is 360 g/mol. The topological polar surface area (TPSA) is 107 Å². The first kappa shape index (κ1) is 19.2. The first-order valence-corrected chi connectivity index (χ1v) is 9.57. The number of carbonyl (C=O) groups is 2. The zero-order valence-electron chi connectivity index (χ0n) is 14.0. The van der Waals surface area contributed by atoms with E-state index >= 15 is 0 Å². The second-order valence-electron chi connectivity index (χ2n) is 4.98. The number of thioether (sulfide) groups is 1. The second-order valence-corrected chi connectivity index (χ2v) is 7.19. The van der Waals surface area contributed by atoms with Crippen molar-refractivity contribution in [1.82, 2.24) is 15.3 Å². The number of aromatic nitrogens is 2. The average Bonchev–Trinajstić information content (AvgIpc) is 3.11. The maximum atomic E-state index is 12.3. The quantitative estimate of drug-likeness (QED) is 0.411. The molecule has 0 aliphatic rings. The summed E-state index contributed by atoms with van der Waals surface area (Å²) in [7, 11) is 0. The van der Waals surface area contributed by atoms with Crippen LogP contribution in [0.15, 0.2) is 28.9 Å². The van der Waals surface area contributed by atoms with E-state index in [1.54, 1.807) is 18.3 Å². The zero-order chi connectivity index (χ0) is 18.2. The Morgan fingerprint density at radius 1 is 1.44 bits per heavy atom. The smallest absolute Gasteiger partial charge is 0.343 e. The van der Waals surface area contributed by atoms with Crippen molar-refractivity contribution in [3.8, 4) is 0 Å². The van der Waals surface area contributed by atoms with Crippen molar-refractivity contribution in [2.24, 2.45) is 0 Å². The lowest BCUT2D eigenvalue weighted by molar-refractivity contribution is -0.120. The molecule has 7 nitrogen and oxygen atoms in total. The molecular formula is C16H20N4O3S2. The summed E-state index contributed by atoms with van der Waals surface area (Å²) in [5.74, 6) is -0.598. The first-order chi connectivity index (χ1) is 12.0. The Bertz CT molecular complexity index is 722. The van der Waals surface area contributed by atoms with Gasteiger partial charge in [0.15, 0.2) is 5.16 Å². The van der Waals surface area contributed by atoms with Crippen LogP contribution in [0.1, 0.15) is 35.5 Å². The van der Waals surface area contributed by atoms with E-state index in [9.17, 15) is 9.59 Å². The lowest BCUT2D eigenvalue weighted by Gasteiger charge is -2.14. The Kier molecular flexibility index (Phi) is 7.20. The number of anilines is 1. The Labute approximate surface area is 154 Å². The van der Waals surface area contributed by atoms with Crippen molar-refractivity contribution >= 4 is 40.8 Å². The van der Waals surface area contributed by atoms with Gasteiger partial charge in [-0.15, -0.1) is 11.3 Å². The number of esters is 1. The number of nitrogen functional groups attached to an aromatic ring is 1. The van der Waals surface area contributed by atoms with Crippen LogP contribution in [-0.2, 0) is 16.1 Å². The van der Waals surface area contributed by atoms with Crippen molar-refractivity contribution < 1.29 is 14.3 Å². The van der Waals surface area contributed by atoms with E-state index in [1.807, 2.05) is 24.4 Å². The van der Waals surface area contributed by atoms with Crippen molar-refractivity contribution in [2.45, 2.75) is 37.2 Å². The van der Waals surface area contributed by atoms with Gasteiger partial charge in [0.05, 0.1) is 18.4 Å². The molecule has 0 aliphatic heterocycles. The summed E-state index contributed by atoms with van der Waals surface area (Å²) in [4.78, 5) is 33.4. The molecule has 134 valence electrons. The predicted molar refractivity (Wildman–Crippen MR) is 98.5 cm³/mol. The molecule has 2 heterocycles. The highest BCUT2D eigenvalue weighted by Crippen LogP contribution is 2.24. The minimum absolute atomic E-state index is 0.0461. The van der Waals surface area contributed by atoms with Gasteiger partial charge in [0, 0.05) is 11.1 Å². The van der Waals surface area contributed by atoms with Crippen molar-refractivity contribution in [2.75, 3.05) is 12.3 Å². The molecule has 0 radical (unpaired) electrons. The number of hydrogen-bond donors (Lipinski definition) is 2. The molecule has 0 aliphatic carbocycles. The van der Waals surface area contributed by atoms with E-state index in [2.05, 4.69) is 15.3 Å². The molecule has 3 N–H and O–H groups in total. The second kappa shape index (κ2) is 9.38. The van der Waals surface area contributed by atoms with Crippen LogP contribution in [0.3, 0.4) is 0 Å². The van der Waals surface area contributed by atoms with Crippen molar-refractivity contribution in [1.29, 1.82) is 0 Å². The highest BCUT2D eigenvalue weighted by molar-refractivity contribution is 8.00. The Balaban J connectivity index is 1.99. The van der Waals surface area contributed by atoms with Crippen LogP contribution >= 0.6 is 23.1 Å². The molecule has 1 amide bonds. The highest BCUT2D eigenvalue weighted by Gasteiger charge is 2.21. The summed E-state index contributed by atoms with van der Waals surface area (Å²) in [6.45, 7) is 4.37. The zero-order valence-corrected chi connectivity index (χ0v) is 15.7. The largest absolute Gasteiger partial charge is 0.462 e. The number of nitrogens with two attached hydrogens (primary N) is 1. The number of nitrogens with one attached hydrogen (secondary N) is 1. The molecule has 0 unspecified atom stereocenters. The number of amides is 1. The predicted octanol–water partition coefficient (Wildman–Crippen LogP) is 2.48. The fraction of sp³-hybridized carbons (Fsp3) is 0.375. The van der Waals surface area contributed by atoms with Gasteiger partial charge in [0.2, 0.25) is 5.91 Å². The summed E-state index contributed by atoms with van der Waals surface area (Å²) in [5.41, 5.74) is 5.93. The number of carbonyl (C=O) groups excluding carboxylic acids is 2. The fourth-order valence-corrected chi connectivity index (χ4v) is 3.47. The molecule has 2 rings (SSSR count). The van der Waals surface area contributed by atoms with Gasteiger partial charge in [-0.3, -0.25) is 4.79 Å². The van der Waals surface area contributed by atoms with Crippen LogP contribution in [-0.4, -0.2) is 33.7 Å². The first-order valence-electron chi connectivity index (χ1n) is 7.81. The third-order valence-corrected chi connectivity index (χ3v) is 5.34. The minimum Gasteiger partial charge on any atom is -0.462 e. The van der Waals surface area contributed by atoms with Crippen molar-refractivity contribution in [3.05, 3.63) is 34.2 Å². The van der Waals surface area contributed by atoms with Gasteiger partial charge < -0.3 is 15.8 Å². The number of nitrogens with zero attached hydrogens (tertiary/aromatic N) is 2. The third kappa shape index (κ3) is 5.43. The van der Waals surface area contributed by atoms with Crippen LogP contribution in [0, 0.1) is 0 Å². The molecule has 2 aromatic heterocycles. The number of thiophene rings is 1. The standard InChI is InChI=1S/C16H20N4O3S2/c1-3-12(14(21)18-8-10-6-5-7-24-10)25-16-19-9-11(13(17)20-16)15(22)23-4-2/h5-7,9,12H,3-4,8H2,1-2H3,(H,18,21)(H2,17,19,20)/t12-/m0/s1. The van der Waals surface area contributed by atoms with Crippen molar-refractivity contribution in [3.63, 3.8) is 0 Å². The Morgan fingerprint density at radius 3 is 2.84 bits per heavy atom. The molecule has 1 atom stereocenters. The summed E-state index contributed by atoms with van der Waals surface area (Å²) in [6.07, 6.45) is 1.95. The Hall–Kier alpha value is -2.13. The maximum absolute atomic E-state index is 12.3. The van der Waals surface area contributed by atoms with Gasteiger partial charge in [-0.05, 0) is 24.8 Å². The molecule has 0 saturated heterocycles. The van der Waals surface area contributed by atoms with Crippen LogP contribution in [0.4, 0.5) is 5.82 Å². The monoisotopic (exact) mass is 380 g/mol. The lowest BCUT2D eigenvalue weighted by Crippen LogP contribution is -2.31. The van der Waals surface area contributed by atoms with Crippen LogP contribution in [0.2, 0.25) is 0 Å². The minimum atomic E-state index is -0.558. The summed E-state index contributed by atoms with van der Waals surface area (Å²) >= 11 is 2.81. The maximum Gasteiger partial charge on any atom is 0.343 e. The molecule has 0 saturated carbocycles. The van der Waals surface area contributed by atoms with E-state index in [0.29, 0.717) is 18.1 Å². The van der Waals surface area contributed by atoms with Gasteiger partial charge in [-0.2, -0.15) is 0 Å². The molecule has 25 heavy (non-hydrogen) atoms. The summed E-state index contributed by atoms with van der Waals surface area (Å²) < 4.78 is 4.89. The molecule has 9 heteroatoms. The van der Waals surface area contributed by atoms with Gasteiger partial charge in [-0.1, -0.05) is 24.8 Å². The molecule has 0 bridgehead atoms. The van der Waals surface area contributed by atoms with Gasteiger partial charge in [0.1, 0.15) is 11.4 Å². The van der Waals surface area contributed by atoms with E-state index in [0.717, 1.165) is 4.88 Å². The van der Waals surface area contributed by atoms with Crippen LogP contribution in [0.5, 0.6) is 0 Å². The van der Waals surface area contributed by atoms with Gasteiger partial charge in [0.25, 0.3) is 0 Å². The van der Waals surface area contributed by atoms with Crippen LogP contribution < -0.4 is 11.1 Å². The average molecular weight is 380 g/mol. The Morgan fingerprint density at radius 2 is 2.24 bits per heavy atom. The number of rotatable bonds is 8. The van der Waals surface area contributed by atoms with Gasteiger partial charge in [-0.25, -0.2) is 14.8 Å². The van der Waals surface area contributed by atoms with E-state index in [1.165, 1.54) is 18.0 Å². The summed E-state index contributed by atoms with van der Waals surface area (Å²) in [5, 5.41) is 4.89. The van der Waals surface area contributed by atoms with Gasteiger partial charge >= 0.3 is 5.97 Å².